The molecule has 0 saturated heterocycles. The molecule has 2 aromatic rings. The number of allylic oxidation sites excluding steroid dienone is 1. The molecule has 1 aliphatic carbocycles. The molecule has 2 radical (unpaired) electrons. The number of hydrogen-bond donors (Lipinski definition) is 0. The van der Waals surface area contributed by atoms with E-state index in [1.54, 1.807) is 0 Å². The number of rotatable bonds is 4. The van der Waals surface area contributed by atoms with Crippen molar-refractivity contribution in [2.75, 3.05) is 0 Å². The average Bonchev–Trinajstić information content (AvgIpc) is 2.57. The van der Waals surface area contributed by atoms with Crippen molar-refractivity contribution in [1.82, 2.24) is 0 Å². The van der Waals surface area contributed by atoms with Crippen LogP contribution >= 0.6 is 0 Å². The lowest BCUT2D eigenvalue weighted by Crippen LogP contribution is -2.39. The Balaban J connectivity index is 2.16. The Morgan fingerprint density at radius 3 is 2.24 bits per heavy atom. The van der Waals surface area contributed by atoms with Crippen LogP contribution in [0.1, 0.15) is 43.2 Å². The van der Waals surface area contributed by atoms with Crippen molar-refractivity contribution in [3.05, 3.63) is 84.4 Å². The fourth-order valence-corrected chi connectivity index (χ4v) is 3.96. The Bertz CT molecular complexity index is 528. The zero-order chi connectivity index (χ0) is 14.5. The molecule has 0 spiro atoms. The van der Waals surface area contributed by atoms with Crippen molar-refractivity contribution in [3.63, 3.8) is 0 Å². The highest BCUT2D eigenvalue weighted by Crippen LogP contribution is 2.49. The van der Waals surface area contributed by atoms with E-state index in [1.165, 1.54) is 36.8 Å². The Morgan fingerprint density at radius 1 is 1.05 bits per heavy atom. The maximum absolute atomic E-state index is 3.99. The van der Waals surface area contributed by atoms with Gasteiger partial charge in [0.2, 0.25) is 0 Å². The highest BCUT2D eigenvalue weighted by atomic mass is 14.5. The first-order chi connectivity index (χ1) is 10.4. The SMILES string of the molecule is C=CCC1CCCCC1(c1[c]cccc1)c1[c]cccc1. The van der Waals surface area contributed by atoms with Gasteiger partial charge in [0, 0.05) is 5.41 Å². The molecule has 0 N–H and O–H groups in total. The van der Waals surface area contributed by atoms with Crippen LogP contribution in [0.25, 0.3) is 0 Å². The zero-order valence-corrected chi connectivity index (χ0v) is 12.5. The van der Waals surface area contributed by atoms with Gasteiger partial charge in [-0.25, -0.2) is 0 Å². The van der Waals surface area contributed by atoms with Gasteiger partial charge < -0.3 is 0 Å². The Hall–Kier alpha value is -1.82. The average molecular weight is 274 g/mol. The van der Waals surface area contributed by atoms with Crippen LogP contribution in [0.4, 0.5) is 0 Å². The minimum absolute atomic E-state index is 0.0506. The lowest BCUT2D eigenvalue weighted by molar-refractivity contribution is 0.226. The normalized spacial score (nSPS) is 20.9. The minimum atomic E-state index is 0.0506. The maximum atomic E-state index is 3.99. The minimum Gasteiger partial charge on any atom is -0.103 e. The lowest BCUT2D eigenvalue weighted by Gasteiger charge is -2.45. The molecule has 0 heterocycles. The number of benzene rings is 2. The molecule has 1 unspecified atom stereocenters. The van der Waals surface area contributed by atoms with Crippen LogP contribution in [0.15, 0.2) is 61.2 Å². The van der Waals surface area contributed by atoms with Crippen LogP contribution in [-0.2, 0) is 5.41 Å². The second-order valence-corrected chi connectivity index (χ2v) is 5.99. The predicted octanol–water partition coefficient (Wildman–Crippen LogP) is 5.34. The molecule has 1 aliphatic rings. The van der Waals surface area contributed by atoms with E-state index in [2.05, 4.69) is 61.2 Å². The lowest BCUT2D eigenvalue weighted by atomic mass is 9.58. The summed E-state index contributed by atoms with van der Waals surface area (Å²) >= 11 is 0. The molecule has 0 aromatic heterocycles. The molecule has 21 heavy (non-hydrogen) atoms. The van der Waals surface area contributed by atoms with Gasteiger partial charge in [0.05, 0.1) is 0 Å². The summed E-state index contributed by atoms with van der Waals surface area (Å²) in [5.41, 5.74) is 2.69. The second-order valence-electron chi connectivity index (χ2n) is 5.99. The van der Waals surface area contributed by atoms with E-state index in [-0.39, 0.29) is 5.41 Å². The van der Waals surface area contributed by atoms with Crippen molar-refractivity contribution < 1.29 is 0 Å². The molecule has 3 rings (SSSR count). The van der Waals surface area contributed by atoms with Crippen molar-refractivity contribution in [1.29, 1.82) is 0 Å². The molecular weight excluding hydrogens is 252 g/mol. The van der Waals surface area contributed by atoms with Crippen molar-refractivity contribution in [3.8, 4) is 0 Å². The van der Waals surface area contributed by atoms with Crippen LogP contribution in [-0.4, -0.2) is 0 Å². The van der Waals surface area contributed by atoms with E-state index in [0.717, 1.165) is 6.42 Å². The van der Waals surface area contributed by atoms with Crippen LogP contribution in [0.5, 0.6) is 0 Å². The molecule has 1 saturated carbocycles. The fraction of sp³-hybridized carbons (Fsp3) is 0.333. The van der Waals surface area contributed by atoms with E-state index in [4.69, 9.17) is 0 Å². The molecule has 0 bridgehead atoms. The monoisotopic (exact) mass is 274 g/mol. The van der Waals surface area contributed by atoms with Gasteiger partial charge in [-0.2, -0.15) is 0 Å². The molecule has 1 atom stereocenters. The van der Waals surface area contributed by atoms with E-state index in [0.29, 0.717) is 5.92 Å². The van der Waals surface area contributed by atoms with Crippen LogP contribution in [0.3, 0.4) is 0 Å². The summed E-state index contributed by atoms with van der Waals surface area (Å²) < 4.78 is 0. The molecule has 0 aliphatic heterocycles. The highest BCUT2D eigenvalue weighted by Gasteiger charge is 2.42. The largest absolute Gasteiger partial charge is 0.103 e. The summed E-state index contributed by atoms with van der Waals surface area (Å²) in [6.07, 6.45) is 8.19. The van der Waals surface area contributed by atoms with Crippen LogP contribution in [0, 0.1) is 18.1 Å². The first kappa shape index (κ1) is 14.1. The zero-order valence-electron chi connectivity index (χ0n) is 12.5. The Morgan fingerprint density at radius 2 is 1.71 bits per heavy atom. The van der Waals surface area contributed by atoms with Gasteiger partial charge in [0.25, 0.3) is 0 Å². The molecule has 106 valence electrons. The van der Waals surface area contributed by atoms with Crippen molar-refractivity contribution in [2.45, 2.75) is 37.5 Å². The van der Waals surface area contributed by atoms with E-state index in [1.807, 2.05) is 12.1 Å². The van der Waals surface area contributed by atoms with Gasteiger partial charge in [-0.1, -0.05) is 67.4 Å². The van der Waals surface area contributed by atoms with Gasteiger partial charge in [-0.15, -0.1) is 6.58 Å². The quantitative estimate of drug-likeness (QED) is 0.660. The summed E-state index contributed by atoms with van der Waals surface area (Å²) in [6, 6.07) is 24.0. The molecule has 1 fully saturated rings. The fourth-order valence-electron chi connectivity index (χ4n) is 3.96. The van der Waals surface area contributed by atoms with E-state index in [9.17, 15) is 0 Å². The topological polar surface area (TPSA) is 0 Å². The number of hydrogen-bond acceptors (Lipinski definition) is 0. The molecule has 0 heteroatoms. The van der Waals surface area contributed by atoms with Crippen LogP contribution < -0.4 is 0 Å². The highest BCUT2D eigenvalue weighted by molar-refractivity contribution is 5.40. The third kappa shape index (κ3) is 2.55. The van der Waals surface area contributed by atoms with Gasteiger partial charge in [-0.3, -0.25) is 0 Å². The van der Waals surface area contributed by atoms with Gasteiger partial charge >= 0.3 is 0 Å². The molecule has 0 amide bonds. The van der Waals surface area contributed by atoms with Gasteiger partial charge in [0.1, 0.15) is 0 Å². The van der Waals surface area contributed by atoms with Crippen LogP contribution in [0.2, 0.25) is 0 Å². The summed E-state index contributed by atoms with van der Waals surface area (Å²) in [6.45, 7) is 3.99. The van der Waals surface area contributed by atoms with Crippen molar-refractivity contribution >= 4 is 0 Å². The Kier molecular flexibility index (Phi) is 4.24. The standard InChI is InChI=1S/C21H22/c1-2-11-18-16-9-10-17-21(18,19-12-5-3-6-13-19)20-14-7-4-8-15-20/h2-8,12,14,18H,1,9-11,16-17H2. The summed E-state index contributed by atoms with van der Waals surface area (Å²) in [5, 5.41) is 0. The third-order valence-electron chi connectivity index (χ3n) is 4.90. The molecule has 0 nitrogen and oxygen atoms in total. The van der Waals surface area contributed by atoms with Gasteiger partial charge in [0.15, 0.2) is 0 Å². The molecule has 2 aromatic carbocycles. The summed E-state index contributed by atoms with van der Waals surface area (Å²) in [5.74, 6) is 0.598. The Labute approximate surface area is 128 Å². The molecular formula is C21H22. The van der Waals surface area contributed by atoms with E-state index >= 15 is 0 Å². The first-order valence-electron chi connectivity index (χ1n) is 7.93. The van der Waals surface area contributed by atoms with Crippen molar-refractivity contribution in [2.24, 2.45) is 5.92 Å². The smallest absolute Gasteiger partial charge is 0.0246 e. The summed E-state index contributed by atoms with van der Waals surface area (Å²) in [7, 11) is 0. The maximum Gasteiger partial charge on any atom is 0.0246 e. The second kappa shape index (κ2) is 6.30. The third-order valence-corrected chi connectivity index (χ3v) is 4.90. The predicted molar refractivity (Wildman–Crippen MR) is 88.1 cm³/mol. The van der Waals surface area contributed by atoms with E-state index < -0.39 is 0 Å². The first-order valence-corrected chi connectivity index (χ1v) is 7.93. The summed E-state index contributed by atoms with van der Waals surface area (Å²) in [4.78, 5) is 0. The van der Waals surface area contributed by atoms with Gasteiger partial charge in [-0.05, 0) is 48.4 Å².